The van der Waals surface area contributed by atoms with Crippen molar-refractivity contribution in [3.8, 4) is 0 Å². The second kappa shape index (κ2) is 8.27. The number of imide groups is 1. The lowest BCUT2D eigenvalue weighted by molar-refractivity contribution is -0.384. The van der Waals surface area contributed by atoms with E-state index in [1.807, 2.05) is 19.9 Å². The fourth-order valence-corrected chi connectivity index (χ4v) is 3.57. The van der Waals surface area contributed by atoms with Gasteiger partial charge in [-0.1, -0.05) is 12.1 Å². The number of nitrogens with one attached hydrogen (secondary N) is 1. The zero-order valence-corrected chi connectivity index (χ0v) is 17.6. The number of benzene rings is 3. The van der Waals surface area contributed by atoms with Gasteiger partial charge in [-0.2, -0.15) is 0 Å². The van der Waals surface area contributed by atoms with Crippen LogP contribution in [0.15, 0.2) is 66.4 Å². The van der Waals surface area contributed by atoms with E-state index in [2.05, 4.69) is 5.32 Å². The molecule has 0 atom stereocenters. The van der Waals surface area contributed by atoms with Gasteiger partial charge in [0, 0.05) is 23.9 Å². The van der Waals surface area contributed by atoms with Crippen molar-refractivity contribution in [2.45, 2.75) is 13.8 Å². The van der Waals surface area contributed by atoms with Gasteiger partial charge in [0.25, 0.3) is 17.5 Å². The minimum absolute atomic E-state index is 0.0838. The van der Waals surface area contributed by atoms with E-state index in [0.717, 1.165) is 23.3 Å². The van der Waals surface area contributed by atoms with E-state index in [-0.39, 0.29) is 22.5 Å². The molecular weight excluding hydrogens is 432 g/mol. The predicted molar refractivity (Wildman–Crippen MR) is 118 cm³/mol. The third-order valence-corrected chi connectivity index (χ3v) is 5.47. The number of nitro benzene ring substituents is 1. The van der Waals surface area contributed by atoms with E-state index in [9.17, 15) is 28.5 Å². The number of anilines is 2. The molecule has 0 radical (unpaired) electrons. The second-order valence-corrected chi connectivity index (χ2v) is 7.47. The maximum Gasteiger partial charge on any atom is 0.282 e. The average Bonchev–Trinajstić information content (AvgIpc) is 3.01. The number of hydrogen-bond donors (Lipinski definition) is 1. The Labute approximate surface area is 187 Å². The number of hydrogen-bond acceptors (Lipinski definition) is 5. The number of non-ortho nitro benzene ring substituents is 1. The number of carbonyl (C=O) groups excluding carboxylic acids is 2. The summed E-state index contributed by atoms with van der Waals surface area (Å²) in [4.78, 5) is 37.7. The number of nitro groups is 1. The number of carbonyl (C=O) groups is 2. The Morgan fingerprint density at radius 3 is 2.27 bits per heavy atom. The molecule has 4 rings (SSSR count). The van der Waals surface area contributed by atoms with Crippen LogP contribution in [0.4, 0.5) is 25.8 Å². The van der Waals surface area contributed by atoms with Crippen molar-refractivity contribution in [1.82, 2.24) is 0 Å². The molecular formula is C24H17F2N3O4. The molecule has 1 N–H and O–H groups in total. The van der Waals surface area contributed by atoms with Crippen LogP contribution in [0.1, 0.15) is 16.7 Å². The molecule has 1 aliphatic heterocycles. The quantitative estimate of drug-likeness (QED) is 0.340. The standard InChI is InChI=1S/C24H17F2N3O4/c1-13-4-3-5-19(14(13)2)27-22-21(15-6-9-17(10-7-15)29(32)33)23(30)28(24(22)31)20-11-8-16(25)12-18(20)26/h3-12,27H,1-2H3. The Kier molecular flexibility index (Phi) is 5.47. The number of halogens is 2. The molecule has 0 aromatic heterocycles. The van der Waals surface area contributed by atoms with Crippen molar-refractivity contribution in [2.24, 2.45) is 0 Å². The topological polar surface area (TPSA) is 92.6 Å². The smallest absolute Gasteiger partial charge is 0.282 e. The van der Waals surface area contributed by atoms with Gasteiger partial charge in [-0.05, 0) is 60.9 Å². The zero-order chi connectivity index (χ0) is 23.9. The lowest BCUT2D eigenvalue weighted by atomic mass is 10.0. The summed E-state index contributed by atoms with van der Waals surface area (Å²) < 4.78 is 27.9. The largest absolute Gasteiger partial charge is 0.350 e. The maximum absolute atomic E-state index is 14.5. The Bertz CT molecular complexity index is 1350. The molecule has 0 aliphatic carbocycles. The normalized spacial score (nSPS) is 13.6. The van der Waals surface area contributed by atoms with Gasteiger partial charge in [0.2, 0.25) is 0 Å². The molecule has 0 bridgehead atoms. The van der Waals surface area contributed by atoms with Crippen molar-refractivity contribution in [3.05, 3.63) is 105 Å². The molecule has 9 heteroatoms. The van der Waals surface area contributed by atoms with Crippen LogP contribution in [0.25, 0.3) is 5.57 Å². The number of amides is 2. The van der Waals surface area contributed by atoms with Crippen molar-refractivity contribution in [2.75, 3.05) is 10.2 Å². The summed E-state index contributed by atoms with van der Waals surface area (Å²) in [5, 5.41) is 14.0. The molecule has 3 aromatic rings. The molecule has 0 saturated carbocycles. The van der Waals surface area contributed by atoms with E-state index in [0.29, 0.717) is 16.7 Å². The van der Waals surface area contributed by atoms with Crippen LogP contribution in [-0.4, -0.2) is 16.7 Å². The number of aryl methyl sites for hydroxylation is 1. The second-order valence-electron chi connectivity index (χ2n) is 7.47. The Balaban J connectivity index is 1.86. The van der Waals surface area contributed by atoms with Gasteiger partial charge in [-0.25, -0.2) is 13.7 Å². The highest BCUT2D eigenvalue weighted by atomic mass is 19.1. The molecule has 7 nitrogen and oxygen atoms in total. The summed E-state index contributed by atoms with van der Waals surface area (Å²) >= 11 is 0. The van der Waals surface area contributed by atoms with E-state index in [1.165, 1.54) is 24.3 Å². The third-order valence-electron chi connectivity index (χ3n) is 5.47. The monoisotopic (exact) mass is 449 g/mol. The average molecular weight is 449 g/mol. The van der Waals surface area contributed by atoms with Crippen molar-refractivity contribution < 1.29 is 23.3 Å². The molecule has 3 aromatic carbocycles. The summed E-state index contributed by atoms with van der Waals surface area (Å²) in [5.41, 5.74) is 1.77. The highest BCUT2D eigenvalue weighted by molar-refractivity contribution is 6.46. The van der Waals surface area contributed by atoms with E-state index >= 15 is 0 Å². The molecule has 1 aliphatic rings. The van der Waals surface area contributed by atoms with E-state index in [4.69, 9.17) is 0 Å². The summed E-state index contributed by atoms with van der Waals surface area (Å²) in [5.74, 6) is -3.60. The fourth-order valence-electron chi connectivity index (χ4n) is 3.57. The summed E-state index contributed by atoms with van der Waals surface area (Å²) in [6.45, 7) is 3.72. The first-order valence-corrected chi connectivity index (χ1v) is 9.85. The molecule has 1 heterocycles. The Morgan fingerprint density at radius 2 is 1.64 bits per heavy atom. The van der Waals surface area contributed by atoms with Crippen LogP contribution in [0.5, 0.6) is 0 Å². The number of nitrogens with zero attached hydrogens (tertiary/aromatic N) is 2. The van der Waals surface area contributed by atoms with Crippen LogP contribution in [0.2, 0.25) is 0 Å². The van der Waals surface area contributed by atoms with Crippen LogP contribution < -0.4 is 10.2 Å². The first-order chi connectivity index (χ1) is 15.7. The van der Waals surface area contributed by atoms with Crippen LogP contribution in [0, 0.1) is 35.6 Å². The van der Waals surface area contributed by atoms with Crippen LogP contribution in [-0.2, 0) is 9.59 Å². The summed E-state index contributed by atoms with van der Waals surface area (Å²) in [6.07, 6.45) is 0. The first kappa shape index (κ1) is 21.8. The SMILES string of the molecule is Cc1cccc(NC2=C(c3ccc([N+](=O)[O-])cc3)C(=O)N(c3ccc(F)cc3F)C2=O)c1C. The van der Waals surface area contributed by atoms with Crippen LogP contribution in [0.3, 0.4) is 0 Å². The summed E-state index contributed by atoms with van der Waals surface area (Å²) in [6, 6.07) is 13.0. The van der Waals surface area contributed by atoms with Gasteiger partial charge in [0.05, 0.1) is 16.2 Å². The lowest BCUT2D eigenvalue weighted by Crippen LogP contribution is -2.33. The van der Waals surface area contributed by atoms with E-state index in [1.54, 1.807) is 12.1 Å². The van der Waals surface area contributed by atoms with Crippen LogP contribution >= 0.6 is 0 Å². The fraction of sp³-hybridized carbons (Fsp3) is 0.0833. The lowest BCUT2D eigenvalue weighted by Gasteiger charge is -2.16. The van der Waals surface area contributed by atoms with Crippen molar-refractivity contribution in [1.29, 1.82) is 0 Å². The first-order valence-electron chi connectivity index (χ1n) is 9.85. The van der Waals surface area contributed by atoms with Crippen molar-refractivity contribution in [3.63, 3.8) is 0 Å². The predicted octanol–water partition coefficient (Wildman–Crippen LogP) is 4.89. The molecule has 2 amide bonds. The van der Waals surface area contributed by atoms with Crippen molar-refractivity contribution >= 4 is 34.4 Å². The van der Waals surface area contributed by atoms with Gasteiger partial charge >= 0.3 is 0 Å². The maximum atomic E-state index is 14.5. The zero-order valence-electron chi connectivity index (χ0n) is 17.6. The highest BCUT2D eigenvalue weighted by Gasteiger charge is 2.41. The molecule has 0 saturated heterocycles. The van der Waals surface area contributed by atoms with Gasteiger partial charge in [0.15, 0.2) is 0 Å². The third kappa shape index (κ3) is 3.84. The van der Waals surface area contributed by atoms with Gasteiger partial charge in [-0.3, -0.25) is 19.7 Å². The Morgan fingerprint density at radius 1 is 0.939 bits per heavy atom. The minimum Gasteiger partial charge on any atom is -0.350 e. The van der Waals surface area contributed by atoms with Gasteiger partial charge in [0.1, 0.15) is 17.3 Å². The molecule has 0 unspecified atom stereocenters. The highest BCUT2D eigenvalue weighted by Crippen LogP contribution is 2.36. The van der Waals surface area contributed by atoms with Gasteiger partial charge in [-0.15, -0.1) is 0 Å². The molecule has 33 heavy (non-hydrogen) atoms. The van der Waals surface area contributed by atoms with Gasteiger partial charge < -0.3 is 5.32 Å². The summed E-state index contributed by atoms with van der Waals surface area (Å²) in [7, 11) is 0. The minimum atomic E-state index is -1.08. The molecule has 0 fully saturated rings. The van der Waals surface area contributed by atoms with E-state index < -0.39 is 34.1 Å². The molecule has 0 spiro atoms. The Hall–Kier alpha value is -4.40. The molecule has 166 valence electrons. The number of rotatable bonds is 5.